The number of rotatable bonds is 7. The molecule has 1 fully saturated rings. The molecule has 0 bridgehead atoms. The van der Waals surface area contributed by atoms with Crippen molar-refractivity contribution in [1.82, 2.24) is 14.7 Å². The molecule has 0 aromatic carbocycles. The molecule has 1 heterocycles. The van der Waals surface area contributed by atoms with E-state index in [0.717, 1.165) is 32.6 Å². The maximum absolute atomic E-state index is 12.1. The van der Waals surface area contributed by atoms with Crippen molar-refractivity contribution in [3.8, 4) is 0 Å². The normalized spacial score (nSPS) is 17.6. The third-order valence-corrected chi connectivity index (χ3v) is 4.01. The van der Waals surface area contributed by atoms with Gasteiger partial charge in [0, 0.05) is 51.7 Å². The standard InChI is InChI=1S/C15H30N4O2/c1-4-18(5-2)15(21)12-17-8-10-19(11-9-17)14(20)7-6-13(3)16/h13H,4-12,16H2,1-3H3. The molecule has 6 heteroatoms. The fourth-order valence-electron chi connectivity index (χ4n) is 2.53. The zero-order valence-electron chi connectivity index (χ0n) is 13.7. The van der Waals surface area contributed by atoms with E-state index < -0.39 is 0 Å². The third kappa shape index (κ3) is 6.01. The van der Waals surface area contributed by atoms with Crippen LogP contribution in [-0.2, 0) is 9.59 Å². The molecule has 1 atom stereocenters. The van der Waals surface area contributed by atoms with Crippen LogP contribution in [-0.4, -0.2) is 78.4 Å². The van der Waals surface area contributed by atoms with Crippen molar-refractivity contribution in [3.63, 3.8) is 0 Å². The van der Waals surface area contributed by atoms with Crippen molar-refractivity contribution >= 4 is 11.8 Å². The van der Waals surface area contributed by atoms with E-state index in [1.54, 1.807) is 0 Å². The van der Waals surface area contributed by atoms with Crippen molar-refractivity contribution in [3.05, 3.63) is 0 Å². The molecule has 0 aromatic rings. The molecule has 0 aromatic heterocycles. The fourth-order valence-corrected chi connectivity index (χ4v) is 2.53. The first kappa shape index (κ1) is 17.9. The van der Waals surface area contributed by atoms with Crippen LogP contribution in [0.2, 0.25) is 0 Å². The Labute approximate surface area is 128 Å². The van der Waals surface area contributed by atoms with Crippen molar-refractivity contribution in [1.29, 1.82) is 0 Å². The van der Waals surface area contributed by atoms with E-state index in [1.165, 1.54) is 0 Å². The number of piperazine rings is 1. The van der Waals surface area contributed by atoms with E-state index >= 15 is 0 Å². The summed E-state index contributed by atoms with van der Waals surface area (Å²) in [6, 6.07) is 0.0712. The maximum atomic E-state index is 12.1. The SMILES string of the molecule is CCN(CC)C(=O)CN1CCN(C(=O)CCC(C)N)CC1. The van der Waals surface area contributed by atoms with Gasteiger partial charge < -0.3 is 15.5 Å². The maximum Gasteiger partial charge on any atom is 0.236 e. The highest BCUT2D eigenvalue weighted by Crippen LogP contribution is 2.06. The van der Waals surface area contributed by atoms with E-state index in [9.17, 15) is 9.59 Å². The van der Waals surface area contributed by atoms with Crippen molar-refractivity contribution < 1.29 is 9.59 Å². The Kier molecular flexibility index (Phi) is 7.67. The van der Waals surface area contributed by atoms with Crippen molar-refractivity contribution in [2.45, 2.75) is 39.7 Å². The number of amides is 2. The van der Waals surface area contributed by atoms with Crippen LogP contribution in [0.5, 0.6) is 0 Å². The Morgan fingerprint density at radius 3 is 2.19 bits per heavy atom. The smallest absolute Gasteiger partial charge is 0.236 e. The Hall–Kier alpha value is -1.14. The number of carbonyl (C=O) groups excluding carboxylic acids is 2. The van der Waals surface area contributed by atoms with Crippen LogP contribution < -0.4 is 5.73 Å². The van der Waals surface area contributed by atoms with E-state index in [2.05, 4.69) is 4.90 Å². The molecule has 1 unspecified atom stereocenters. The molecule has 21 heavy (non-hydrogen) atoms. The first-order valence-corrected chi connectivity index (χ1v) is 8.01. The highest BCUT2D eigenvalue weighted by atomic mass is 16.2. The zero-order chi connectivity index (χ0) is 15.8. The zero-order valence-corrected chi connectivity index (χ0v) is 13.7. The van der Waals surface area contributed by atoms with Gasteiger partial charge in [-0.1, -0.05) is 0 Å². The summed E-state index contributed by atoms with van der Waals surface area (Å²) < 4.78 is 0. The van der Waals surface area contributed by atoms with Gasteiger partial charge in [-0.2, -0.15) is 0 Å². The topological polar surface area (TPSA) is 69.9 Å². The summed E-state index contributed by atoms with van der Waals surface area (Å²) >= 11 is 0. The van der Waals surface area contributed by atoms with Crippen LogP contribution in [0.4, 0.5) is 0 Å². The van der Waals surface area contributed by atoms with Gasteiger partial charge in [-0.05, 0) is 27.2 Å². The Morgan fingerprint density at radius 1 is 1.14 bits per heavy atom. The number of likely N-dealkylation sites (N-methyl/N-ethyl adjacent to an activating group) is 1. The van der Waals surface area contributed by atoms with Gasteiger partial charge in [0.25, 0.3) is 0 Å². The quantitative estimate of drug-likeness (QED) is 0.725. The first-order chi connectivity index (χ1) is 9.97. The summed E-state index contributed by atoms with van der Waals surface area (Å²) in [7, 11) is 0. The van der Waals surface area contributed by atoms with E-state index in [-0.39, 0.29) is 17.9 Å². The molecule has 0 spiro atoms. The average molecular weight is 298 g/mol. The number of hydrogen-bond acceptors (Lipinski definition) is 4. The molecular weight excluding hydrogens is 268 g/mol. The summed E-state index contributed by atoms with van der Waals surface area (Å²) in [5.41, 5.74) is 5.68. The van der Waals surface area contributed by atoms with Gasteiger partial charge in [-0.3, -0.25) is 14.5 Å². The lowest BCUT2D eigenvalue weighted by atomic mass is 10.1. The second-order valence-electron chi connectivity index (χ2n) is 5.74. The highest BCUT2D eigenvalue weighted by Gasteiger charge is 2.23. The van der Waals surface area contributed by atoms with E-state index in [1.807, 2.05) is 30.6 Å². The predicted octanol–water partition coefficient (Wildman–Crippen LogP) is 0.126. The predicted molar refractivity (Wildman–Crippen MR) is 83.8 cm³/mol. The lowest BCUT2D eigenvalue weighted by Crippen LogP contribution is -2.51. The van der Waals surface area contributed by atoms with E-state index in [4.69, 9.17) is 5.73 Å². The van der Waals surface area contributed by atoms with Gasteiger partial charge in [-0.15, -0.1) is 0 Å². The Bertz CT molecular complexity index is 335. The monoisotopic (exact) mass is 298 g/mol. The summed E-state index contributed by atoms with van der Waals surface area (Å²) in [5, 5.41) is 0. The molecule has 1 rings (SSSR count). The van der Waals surface area contributed by atoms with Crippen LogP contribution in [0, 0.1) is 0 Å². The lowest BCUT2D eigenvalue weighted by Gasteiger charge is -2.35. The van der Waals surface area contributed by atoms with Crippen LogP contribution >= 0.6 is 0 Å². The highest BCUT2D eigenvalue weighted by molar-refractivity contribution is 5.78. The van der Waals surface area contributed by atoms with Crippen LogP contribution in [0.25, 0.3) is 0 Å². The third-order valence-electron chi connectivity index (χ3n) is 4.01. The van der Waals surface area contributed by atoms with Crippen LogP contribution in [0.1, 0.15) is 33.6 Å². The average Bonchev–Trinajstić information content (AvgIpc) is 2.46. The molecule has 1 aliphatic rings. The fraction of sp³-hybridized carbons (Fsp3) is 0.867. The molecular formula is C15H30N4O2. The Morgan fingerprint density at radius 2 is 1.71 bits per heavy atom. The minimum Gasteiger partial charge on any atom is -0.342 e. The van der Waals surface area contributed by atoms with Crippen molar-refractivity contribution in [2.75, 3.05) is 45.8 Å². The minimum absolute atomic E-state index is 0.0712. The summed E-state index contributed by atoms with van der Waals surface area (Å²) in [6.45, 7) is 10.9. The minimum atomic E-state index is 0.0712. The molecule has 122 valence electrons. The first-order valence-electron chi connectivity index (χ1n) is 8.01. The molecule has 6 nitrogen and oxygen atoms in total. The summed E-state index contributed by atoms with van der Waals surface area (Å²) in [6.07, 6.45) is 1.26. The molecule has 0 saturated carbocycles. The van der Waals surface area contributed by atoms with Gasteiger partial charge in [0.05, 0.1) is 6.54 Å². The number of hydrogen-bond donors (Lipinski definition) is 1. The molecule has 0 radical (unpaired) electrons. The molecule has 2 amide bonds. The van der Waals surface area contributed by atoms with Crippen LogP contribution in [0.3, 0.4) is 0 Å². The number of nitrogens with two attached hydrogens (primary N) is 1. The second kappa shape index (κ2) is 9.00. The number of nitrogens with zero attached hydrogens (tertiary/aromatic N) is 3. The Balaban J connectivity index is 2.32. The lowest BCUT2D eigenvalue weighted by molar-refractivity contribution is -0.135. The largest absolute Gasteiger partial charge is 0.342 e. The van der Waals surface area contributed by atoms with Crippen molar-refractivity contribution in [2.24, 2.45) is 5.73 Å². The van der Waals surface area contributed by atoms with Gasteiger partial charge in [0.1, 0.15) is 0 Å². The molecule has 2 N–H and O–H groups in total. The molecule has 0 aliphatic carbocycles. The van der Waals surface area contributed by atoms with Gasteiger partial charge in [0.15, 0.2) is 0 Å². The summed E-state index contributed by atoms with van der Waals surface area (Å²) in [5.74, 6) is 0.360. The molecule has 1 aliphatic heterocycles. The number of carbonyl (C=O) groups is 2. The molecule has 1 saturated heterocycles. The van der Waals surface area contributed by atoms with Gasteiger partial charge in [-0.25, -0.2) is 0 Å². The van der Waals surface area contributed by atoms with Gasteiger partial charge >= 0.3 is 0 Å². The van der Waals surface area contributed by atoms with E-state index in [0.29, 0.717) is 26.1 Å². The van der Waals surface area contributed by atoms with Crippen LogP contribution in [0.15, 0.2) is 0 Å². The van der Waals surface area contributed by atoms with Gasteiger partial charge in [0.2, 0.25) is 11.8 Å². The second-order valence-corrected chi connectivity index (χ2v) is 5.74. The summed E-state index contributed by atoms with van der Waals surface area (Å²) in [4.78, 5) is 29.9.